The first kappa shape index (κ1) is 17.2. The minimum atomic E-state index is 0.631. The molecule has 4 aromatic carbocycles. The van der Waals surface area contributed by atoms with Crippen LogP contribution >= 0.6 is 15.9 Å². The topological polar surface area (TPSA) is 41.6 Å². The van der Waals surface area contributed by atoms with Crippen molar-refractivity contribution in [1.29, 1.82) is 5.26 Å². The highest BCUT2D eigenvalue weighted by atomic mass is 79.9. The van der Waals surface area contributed by atoms with Gasteiger partial charge >= 0.3 is 0 Å². The fourth-order valence-electron chi connectivity index (χ4n) is 4.38. The molecule has 2 heterocycles. The Kier molecular flexibility index (Phi) is 3.68. The van der Waals surface area contributed by atoms with Crippen molar-refractivity contribution >= 4 is 59.4 Å². The maximum absolute atomic E-state index is 9.76. The van der Waals surface area contributed by atoms with Gasteiger partial charge in [-0.05, 0) is 47.2 Å². The summed E-state index contributed by atoms with van der Waals surface area (Å²) >= 11 is 3.58. The van der Waals surface area contributed by atoms with E-state index in [2.05, 4.69) is 75.1 Å². The second-order valence-electron chi connectivity index (χ2n) is 7.33. The van der Waals surface area contributed by atoms with Crippen molar-refractivity contribution in [3.63, 3.8) is 0 Å². The van der Waals surface area contributed by atoms with Crippen molar-refractivity contribution in [3.8, 4) is 11.9 Å². The van der Waals surface area contributed by atoms with E-state index < -0.39 is 0 Å². The van der Waals surface area contributed by atoms with Crippen LogP contribution in [-0.2, 0) is 0 Å². The standard InChI is InChI=1S/C26H14BrN3/c27-18-10-11-20-16(13-18)9-12-24-26(20)21-6-2-4-8-23(21)30(24)25-14-17(15-28)19-5-1-3-7-22(19)29-25/h1-14H. The number of aromatic nitrogens is 2. The van der Waals surface area contributed by atoms with E-state index >= 15 is 0 Å². The van der Waals surface area contributed by atoms with Crippen LogP contribution in [-0.4, -0.2) is 9.55 Å². The molecule has 0 spiro atoms. The molecule has 30 heavy (non-hydrogen) atoms. The van der Waals surface area contributed by atoms with Crippen LogP contribution in [0, 0.1) is 11.3 Å². The fraction of sp³-hybridized carbons (Fsp3) is 0. The summed E-state index contributed by atoms with van der Waals surface area (Å²) in [5.41, 5.74) is 3.61. The van der Waals surface area contributed by atoms with Gasteiger partial charge in [0.15, 0.2) is 0 Å². The van der Waals surface area contributed by atoms with Gasteiger partial charge in [0, 0.05) is 20.6 Å². The Labute approximate surface area is 180 Å². The van der Waals surface area contributed by atoms with E-state index in [0.29, 0.717) is 5.56 Å². The van der Waals surface area contributed by atoms with Gasteiger partial charge in [0.25, 0.3) is 0 Å². The molecule has 0 atom stereocenters. The van der Waals surface area contributed by atoms with Gasteiger partial charge < -0.3 is 0 Å². The Morgan fingerprint density at radius 1 is 0.767 bits per heavy atom. The first-order valence-electron chi connectivity index (χ1n) is 9.66. The van der Waals surface area contributed by atoms with Gasteiger partial charge in [-0.1, -0.05) is 64.5 Å². The van der Waals surface area contributed by atoms with Gasteiger partial charge in [0.2, 0.25) is 0 Å². The van der Waals surface area contributed by atoms with Crippen molar-refractivity contribution in [2.45, 2.75) is 0 Å². The van der Waals surface area contributed by atoms with Crippen LogP contribution in [0.15, 0.2) is 89.4 Å². The van der Waals surface area contributed by atoms with E-state index in [-0.39, 0.29) is 0 Å². The third-order valence-electron chi connectivity index (χ3n) is 5.67. The average molecular weight is 448 g/mol. The Morgan fingerprint density at radius 3 is 2.43 bits per heavy atom. The molecule has 0 bridgehead atoms. The number of nitriles is 1. The van der Waals surface area contributed by atoms with Crippen molar-refractivity contribution in [1.82, 2.24) is 9.55 Å². The molecular formula is C26H14BrN3. The SMILES string of the molecule is N#Cc1cc(-n2c3ccccc3c3c4ccc(Br)cc4ccc32)nc2ccccc12. The summed E-state index contributed by atoms with van der Waals surface area (Å²) in [6.07, 6.45) is 0. The maximum Gasteiger partial charge on any atom is 0.139 e. The summed E-state index contributed by atoms with van der Waals surface area (Å²) in [5, 5.41) is 15.4. The first-order valence-corrected chi connectivity index (χ1v) is 10.5. The normalized spacial score (nSPS) is 11.5. The molecule has 0 aliphatic carbocycles. The van der Waals surface area contributed by atoms with E-state index in [1.165, 1.54) is 21.5 Å². The summed E-state index contributed by atoms with van der Waals surface area (Å²) in [5.74, 6) is 0.757. The predicted molar refractivity (Wildman–Crippen MR) is 126 cm³/mol. The zero-order valence-corrected chi connectivity index (χ0v) is 17.4. The highest BCUT2D eigenvalue weighted by Crippen LogP contribution is 2.37. The number of benzene rings is 4. The first-order chi connectivity index (χ1) is 14.7. The third-order valence-corrected chi connectivity index (χ3v) is 6.16. The van der Waals surface area contributed by atoms with Crippen molar-refractivity contribution in [3.05, 3.63) is 95.0 Å². The van der Waals surface area contributed by atoms with Crippen LogP contribution < -0.4 is 0 Å². The smallest absolute Gasteiger partial charge is 0.139 e. The molecule has 0 saturated heterocycles. The van der Waals surface area contributed by atoms with Crippen LogP contribution in [0.1, 0.15) is 5.56 Å². The van der Waals surface area contributed by atoms with E-state index in [1.807, 2.05) is 36.4 Å². The second kappa shape index (κ2) is 6.41. The number of pyridine rings is 1. The number of para-hydroxylation sites is 2. The molecule has 0 aliphatic rings. The Balaban J connectivity index is 1.81. The van der Waals surface area contributed by atoms with Gasteiger partial charge in [-0.15, -0.1) is 0 Å². The Hall–Kier alpha value is -3.68. The quantitative estimate of drug-likeness (QED) is 0.269. The monoisotopic (exact) mass is 447 g/mol. The van der Waals surface area contributed by atoms with Gasteiger partial charge in [-0.2, -0.15) is 5.26 Å². The number of hydrogen-bond acceptors (Lipinski definition) is 2. The van der Waals surface area contributed by atoms with E-state index in [4.69, 9.17) is 4.98 Å². The lowest BCUT2D eigenvalue weighted by atomic mass is 10.0. The molecule has 0 N–H and O–H groups in total. The van der Waals surface area contributed by atoms with Gasteiger partial charge in [0.05, 0.1) is 28.2 Å². The molecule has 140 valence electrons. The molecule has 0 saturated carbocycles. The summed E-state index contributed by atoms with van der Waals surface area (Å²) in [4.78, 5) is 4.93. The number of hydrogen-bond donors (Lipinski definition) is 0. The number of nitrogens with zero attached hydrogens (tertiary/aromatic N) is 3. The molecule has 0 unspecified atom stereocenters. The fourth-order valence-corrected chi connectivity index (χ4v) is 4.76. The van der Waals surface area contributed by atoms with Crippen LogP contribution in [0.3, 0.4) is 0 Å². The molecule has 0 aliphatic heterocycles. The number of fused-ring (bicyclic) bond motifs is 6. The molecule has 0 fully saturated rings. The Morgan fingerprint density at radius 2 is 1.57 bits per heavy atom. The summed E-state index contributed by atoms with van der Waals surface area (Å²) in [6, 6.07) is 31.1. The Bertz CT molecular complexity index is 1670. The van der Waals surface area contributed by atoms with Gasteiger partial charge in [-0.3, -0.25) is 4.57 Å². The molecule has 0 amide bonds. The molecule has 0 radical (unpaired) electrons. The minimum Gasteiger partial charge on any atom is -0.294 e. The number of rotatable bonds is 1. The summed E-state index contributed by atoms with van der Waals surface area (Å²) < 4.78 is 3.23. The van der Waals surface area contributed by atoms with Crippen LogP contribution in [0.4, 0.5) is 0 Å². The largest absolute Gasteiger partial charge is 0.294 e. The summed E-state index contributed by atoms with van der Waals surface area (Å²) in [7, 11) is 0. The molecular weight excluding hydrogens is 434 g/mol. The molecule has 3 nitrogen and oxygen atoms in total. The lowest BCUT2D eigenvalue weighted by Gasteiger charge is -2.10. The molecule has 2 aromatic heterocycles. The van der Waals surface area contributed by atoms with E-state index in [1.54, 1.807) is 0 Å². The highest BCUT2D eigenvalue weighted by molar-refractivity contribution is 9.10. The molecule has 6 rings (SSSR count). The maximum atomic E-state index is 9.76. The van der Waals surface area contributed by atoms with Gasteiger partial charge in [-0.25, -0.2) is 4.98 Å². The predicted octanol–water partition coefficient (Wildman–Crippen LogP) is 7.12. The molecule has 6 aromatic rings. The van der Waals surface area contributed by atoms with Crippen LogP contribution in [0.5, 0.6) is 0 Å². The van der Waals surface area contributed by atoms with Crippen molar-refractivity contribution in [2.24, 2.45) is 0 Å². The van der Waals surface area contributed by atoms with E-state index in [0.717, 1.165) is 32.2 Å². The zero-order valence-electron chi connectivity index (χ0n) is 15.8. The zero-order chi connectivity index (χ0) is 20.2. The highest BCUT2D eigenvalue weighted by Gasteiger charge is 2.16. The van der Waals surface area contributed by atoms with Crippen LogP contribution in [0.25, 0.3) is 49.3 Å². The lowest BCUT2D eigenvalue weighted by Crippen LogP contribution is -1.99. The average Bonchev–Trinajstić information content (AvgIpc) is 3.12. The van der Waals surface area contributed by atoms with Gasteiger partial charge in [0.1, 0.15) is 5.82 Å². The lowest BCUT2D eigenvalue weighted by molar-refractivity contribution is 1.10. The summed E-state index contributed by atoms with van der Waals surface area (Å²) in [6.45, 7) is 0. The van der Waals surface area contributed by atoms with Crippen molar-refractivity contribution < 1.29 is 0 Å². The number of halogens is 1. The second-order valence-corrected chi connectivity index (χ2v) is 8.25. The third kappa shape index (κ3) is 2.39. The van der Waals surface area contributed by atoms with Crippen molar-refractivity contribution in [2.75, 3.05) is 0 Å². The van der Waals surface area contributed by atoms with Crippen LogP contribution in [0.2, 0.25) is 0 Å². The molecule has 4 heteroatoms. The van der Waals surface area contributed by atoms with E-state index in [9.17, 15) is 5.26 Å². The minimum absolute atomic E-state index is 0.631.